The molecule has 0 aliphatic carbocycles. The van der Waals surface area contributed by atoms with Gasteiger partial charge in [0.2, 0.25) is 0 Å². The highest BCUT2D eigenvalue weighted by Crippen LogP contribution is 1.96. The van der Waals surface area contributed by atoms with E-state index in [1.54, 1.807) is 7.05 Å². The fraction of sp³-hybridized carbons (Fsp3) is 0.333. The fourth-order valence-electron chi connectivity index (χ4n) is 0.764. The van der Waals surface area contributed by atoms with Crippen LogP contribution in [0, 0.1) is 0 Å². The Kier molecular flexibility index (Phi) is 1.99. The van der Waals surface area contributed by atoms with Crippen molar-refractivity contribution in [2.45, 2.75) is 0 Å². The second kappa shape index (κ2) is 2.65. The van der Waals surface area contributed by atoms with Gasteiger partial charge in [-0.15, -0.1) is 0 Å². The highest BCUT2D eigenvalue weighted by Gasteiger charge is 2.01. The zero-order valence-corrected chi connectivity index (χ0v) is 7.75. The molecule has 0 atom stereocenters. The number of nitrogens with zero attached hydrogens (tertiary/aromatic N) is 2. The molecule has 0 amide bonds. The molecule has 11 heavy (non-hydrogen) atoms. The summed E-state index contributed by atoms with van der Waals surface area (Å²) >= 11 is 3.04. The summed E-state index contributed by atoms with van der Waals surface area (Å²) in [5, 5.41) is 0. The van der Waals surface area contributed by atoms with Crippen LogP contribution in [0.15, 0.2) is 20.3 Å². The Morgan fingerprint density at radius 2 is 1.91 bits per heavy atom. The van der Waals surface area contributed by atoms with Crippen LogP contribution in [0.3, 0.4) is 0 Å². The maximum Gasteiger partial charge on any atom is 0.330 e. The maximum absolute atomic E-state index is 11.0. The Bertz CT molecular complexity index is 356. The summed E-state index contributed by atoms with van der Waals surface area (Å²) in [6, 6.07) is 0. The summed E-state index contributed by atoms with van der Waals surface area (Å²) in [4.78, 5) is 22.1. The predicted molar refractivity (Wildman–Crippen MR) is 44.6 cm³/mol. The van der Waals surface area contributed by atoms with Gasteiger partial charge in [-0.25, -0.2) is 4.79 Å². The number of halogens is 1. The Labute approximate surface area is 71.2 Å². The molecule has 1 rings (SSSR count). The van der Waals surface area contributed by atoms with Crippen LogP contribution in [0.5, 0.6) is 0 Å². The Morgan fingerprint density at radius 1 is 1.36 bits per heavy atom. The summed E-state index contributed by atoms with van der Waals surface area (Å²) in [6.07, 6.45) is 1.45. The van der Waals surface area contributed by atoms with Crippen molar-refractivity contribution in [1.29, 1.82) is 0 Å². The summed E-state index contributed by atoms with van der Waals surface area (Å²) < 4.78 is 2.78. The van der Waals surface area contributed by atoms with Gasteiger partial charge in [0.1, 0.15) is 0 Å². The van der Waals surface area contributed by atoms with E-state index >= 15 is 0 Å². The number of hydrogen-bond donors (Lipinski definition) is 0. The van der Waals surface area contributed by atoms with E-state index in [0.29, 0.717) is 4.47 Å². The molecule has 1 aromatic rings. The number of aromatic nitrogens is 2. The van der Waals surface area contributed by atoms with Gasteiger partial charge in [-0.2, -0.15) is 0 Å². The smallest absolute Gasteiger partial charge is 0.302 e. The molecular formula is C6H7BrN2O2. The average molecular weight is 219 g/mol. The highest BCUT2D eigenvalue weighted by atomic mass is 79.9. The normalized spacial score (nSPS) is 10.1. The van der Waals surface area contributed by atoms with Gasteiger partial charge < -0.3 is 4.57 Å². The SMILES string of the molecule is Cn1cc(Br)c(=O)n(C)c1=O. The molecule has 1 aromatic heterocycles. The van der Waals surface area contributed by atoms with Gasteiger partial charge in [-0.1, -0.05) is 0 Å². The minimum Gasteiger partial charge on any atom is -0.302 e. The topological polar surface area (TPSA) is 44.0 Å². The molecule has 0 aliphatic heterocycles. The first-order chi connectivity index (χ1) is 5.04. The van der Waals surface area contributed by atoms with E-state index in [-0.39, 0.29) is 11.2 Å². The highest BCUT2D eigenvalue weighted by molar-refractivity contribution is 9.10. The lowest BCUT2D eigenvalue weighted by Gasteiger charge is -2.00. The monoisotopic (exact) mass is 218 g/mol. The van der Waals surface area contributed by atoms with Crippen molar-refractivity contribution in [2.75, 3.05) is 0 Å². The molecule has 0 N–H and O–H groups in total. The van der Waals surface area contributed by atoms with Crippen LogP contribution < -0.4 is 11.2 Å². The van der Waals surface area contributed by atoms with Crippen LogP contribution in [0.4, 0.5) is 0 Å². The molecule has 0 aromatic carbocycles. The molecule has 1 heterocycles. The zero-order chi connectivity index (χ0) is 8.59. The van der Waals surface area contributed by atoms with Gasteiger partial charge >= 0.3 is 5.69 Å². The molecule has 4 nitrogen and oxygen atoms in total. The third-order valence-corrected chi connectivity index (χ3v) is 1.95. The molecule has 5 heteroatoms. The van der Waals surface area contributed by atoms with E-state index in [4.69, 9.17) is 0 Å². The summed E-state index contributed by atoms with van der Waals surface area (Å²) in [5.74, 6) is 0. The van der Waals surface area contributed by atoms with Crippen molar-refractivity contribution in [1.82, 2.24) is 9.13 Å². The quantitative estimate of drug-likeness (QED) is 0.608. The van der Waals surface area contributed by atoms with E-state index in [1.807, 2.05) is 0 Å². The first kappa shape index (κ1) is 8.26. The van der Waals surface area contributed by atoms with E-state index in [1.165, 1.54) is 17.8 Å². The second-order valence-electron chi connectivity index (χ2n) is 2.23. The van der Waals surface area contributed by atoms with Crippen molar-refractivity contribution < 1.29 is 0 Å². The van der Waals surface area contributed by atoms with Crippen LogP contribution in [-0.4, -0.2) is 9.13 Å². The van der Waals surface area contributed by atoms with Crippen molar-refractivity contribution in [3.63, 3.8) is 0 Å². The average Bonchev–Trinajstić information content (AvgIpc) is 1.97. The largest absolute Gasteiger partial charge is 0.330 e. The Morgan fingerprint density at radius 3 is 2.45 bits per heavy atom. The Hall–Kier alpha value is -0.840. The van der Waals surface area contributed by atoms with Crippen LogP contribution in [0.25, 0.3) is 0 Å². The molecule has 0 unspecified atom stereocenters. The number of rotatable bonds is 0. The van der Waals surface area contributed by atoms with Gasteiger partial charge in [-0.3, -0.25) is 9.36 Å². The molecule has 0 fully saturated rings. The van der Waals surface area contributed by atoms with Crippen molar-refractivity contribution >= 4 is 15.9 Å². The third-order valence-electron chi connectivity index (χ3n) is 1.40. The molecule has 0 bridgehead atoms. The van der Waals surface area contributed by atoms with Gasteiger partial charge in [0, 0.05) is 20.3 Å². The fourth-order valence-corrected chi connectivity index (χ4v) is 1.34. The summed E-state index contributed by atoms with van der Waals surface area (Å²) in [7, 11) is 3.03. The maximum atomic E-state index is 11.0. The molecule has 60 valence electrons. The van der Waals surface area contributed by atoms with Crippen molar-refractivity contribution in [3.05, 3.63) is 31.5 Å². The van der Waals surface area contributed by atoms with Gasteiger partial charge in [0.15, 0.2) is 0 Å². The van der Waals surface area contributed by atoms with Gasteiger partial charge in [0.25, 0.3) is 5.56 Å². The predicted octanol–water partition coefficient (Wildman–Crippen LogP) is -0.153. The van der Waals surface area contributed by atoms with Crippen LogP contribution in [0.2, 0.25) is 0 Å². The summed E-state index contributed by atoms with van der Waals surface area (Å²) in [6.45, 7) is 0. The van der Waals surface area contributed by atoms with Crippen LogP contribution in [-0.2, 0) is 14.1 Å². The lowest BCUT2D eigenvalue weighted by atomic mass is 10.6. The lowest BCUT2D eigenvalue weighted by molar-refractivity contribution is 0.679. The van der Waals surface area contributed by atoms with Crippen molar-refractivity contribution in [2.24, 2.45) is 14.1 Å². The number of aryl methyl sites for hydroxylation is 1. The van der Waals surface area contributed by atoms with Gasteiger partial charge in [-0.05, 0) is 15.9 Å². The molecule has 0 spiro atoms. The minimum atomic E-state index is -0.321. The third kappa shape index (κ3) is 1.28. The first-order valence-electron chi connectivity index (χ1n) is 2.96. The zero-order valence-electron chi connectivity index (χ0n) is 6.17. The van der Waals surface area contributed by atoms with E-state index in [0.717, 1.165) is 4.57 Å². The lowest BCUT2D eigenvalue weighted by Crippen LogP contribution is -2.36. The second-order valence-corrected chi connectivity index (χ2v) is 3.09. The van der Waals surface area contributed by atoms with Gasteiger partial charge in [0.05, 0.1) is 4.47 Å². The molecule has 0 saturated heterocycles. The first-order valence-corrected chi connectivity index (χ1v) is 3.75. The van der Waals surface area contributed by atoms with E-state index in [2.05, 4.69) is 15.9 Å². The summed E-state index contributed by atoms with van der Waals surface area (Å²) in [5.41, 5.74) is -0.633. The standard InChI is InChI=1S/C6H7BrN2O2/c1-8-3-4(7)5(10)9(2)6(8)11/h3H,1-2H3. The van der Waals surface area contributed by atoms with Crippen LogP contribution >= 0.6 is 15.9 Å². The van der Waals surface area contributed by atoms with E-state index < -0.39 is 0 Å². The molecule has 0 radical (unpaired) electrons. The Balaban J connectivity index is 3.74. The number of hydrogen-bond acceptors (Lipinski definition) is 2. The minimum absolute atomic E-state index is 0.312. The molecule has 0 saturated carbocycles. The molecule has 0 aliphatic rings. The van der Waals surface area contributed by atoms with Crippen LogP contribution in [0.1, 0.15) is 0 Å². The van der Waals surface area contributed by atoms with Crippen molar-refractivity contribution in [3.8, 4) is 0 Å². The molecular weight excluding hydrogens is 212 g/mol. The van der Waals surface area contributed by atoms with E-state index in [9.17, 15) is 9.59 Å².